The molecule has 19 heavy (non-hydrogen) atoms. The first kappa shape index (κ1) is 13.6. The Morgan fingerprint density at radius 1 is 1.32 bits per heavy atom. The van der Waals surface area contributed by atoms with Crippen LogP contribution in [-0.4, -0.2) is 23.0 Å². The lowest BCUT2D eigenvalue weighted by molar-refractivity contribution is -0.137. The van der Waals surface area contributed by atoms with E-state index in [1.165, 1.54) is 0 Å². The van der Waals surface area contributed by atoms with Gasteiger partial charge < -0.3 is 10.4 Å². The summed E-state index contributed by atoms with van der Waals surface area (Å²) in [7, 11) is 0. The average molecular weight is 261 g/mol. The molecule has 0 bridgehead atoms. The van der Waals surface area contributed by atoms with Gasteiger partial charge in [0.2, 0.25) is 5.91 Å². The van der Waals surface area contributed by atoms with Gasteiger partial charge in [0, 0.05) is 6.04 Å². The van der Waals surface area contributed by atoms with E-state index >= 15 is 0 Å². The molecule has 4 heteroatoms. The van der Waals surface area contributed by atoms with Gasteiger partial charge in [-0.15, -0.1) is 0 Å². The van der Waals surface area contributed by atoms with Gasteiger partial charge in [0.1, 0.15) is 0 Å². The molecule has 2 N–H and O–H groups in total. The summed E-state index contributed by atoms with van der Waals surface area (Å²) in [4.78, 5) is 22.7. The summed E-state index contributed by atoms with van der Waals surface area (Å²) in [5.41, 5.74) is 2.11. The molecule has 102 valence electrons. The summed E-state index contributed by atoms with van der Waals surface area (Å²) in [6.07, 6.45) is 2.36. The molecule has 0 heterocycles. The number of aliphatic carboxylic acids is 1. The van der Waals surface area contributed by atoms with E-state index < -0.39 is 5.97 Å². The van der Waals surface area contributed by atoms with Gasteiger partial charge in [-0.3, -0.25) is 9.59 Å². The molecule has 1 unspecified atom stereocenters. The Bertz CT molecular complexity index is 463. The van der Waals surface area contributed by atoms with Crippen LogP contribution in [0.25, 0.3) is 0 Å². The van der Waals surface area contributed by atoms with Gasteiger partial charge in [-0.25, -0.2) is 0 Å². The minimum absolute atomic E-state index is 0.0182. The van der Waals surface area contributed by atoms with Crippen LogP contribution in [0.15, 0.2) is 24.3 Å². The average Bonchev–Trinajstić information content (AvgIpc) is 3.14. The zero-order valence-corrected chi connectivity index (χ0v) is 11.1. The number of rotatable bonds is 6. The van der Waals surface area contributed by atoms with Gasteiger partial charge in [0.15, 0.2) is 0 Å². The minimum Gasteiger partial charge on any atom is -0.481 e. The highest BCUT2D eigenvalue weighted by Crippen LogP contribution is 2.34. The minimum atomic E-state index is -0.854. The zero-order chi connectivity index (χ0) is 13.8. The fraction of sp³-hybridized carbons (Fsp3) is 0.467. The lowest BCUT2D eigenvalue weighted by Crippen LogP contribution is -2.38. The Morgan fingerprint density at radius 3 is 2.47 bits per heavy atom. The molecule has 1 aliphatic carbocycles. The quantitative estimate of drug-likeness (QED) is 0.822. The highest BCUT2D eigenvalue weighted by atomic mass is 16.4. The summed E-state index contributed by atoms with van der Waals surface area (Å²) in [6.45, 7) is 2.00. The molecule has 1 atom stereocenters. The molecule has 0 aliphatic heterocycles. The number of carbonyl (C=O) groups is 2. The second kappa shape index (κ2) is 5.87. The summed E-state index contributed by atoms with van der Waals surface area (Å²) in [6, 6.07) is 7.59. The Hall–Kier alpha value is -1.84. The third-order valence-electron chi connectivity index (χ3n) is 3.42. The second-order valence-corrected chi connectivity index (χ2v) is 5.27. The van der Waals surface area contributed by atoms with E-state index in [1.54, 1.807) is 0 Å². The van der Waals surface area contributed by atoms with Crippen LogP contribution >= 0.6 is 0 Å². The van der Waals surface area contributed by atoms with E-state index in [0.717, 1.165) is 24.0 Å². The highest BCUT2D eigenvalue weighted by Gasteiger charge is 2.33. The van der Waals surface area contributed by atoms with E-state index in [1.807, 2.05) is 31.2 Å². The third kappa shape index (κ3) is 4.39. The molecule has 0 saturated heterocycles. The van der Waals surface area contributed by atoms with Gasteiger partial charge in [-0.2, -0.15) is 0 Å². The summed E-state index contributed by atoms with van der Waals surface area (Å²) >= 11 is 0. The number of carboxylic acids is 1. The van der Waals surface area contributed by atoms with E-state index in [-0.39, 0.29) is 18.4 Å². The van der Waals surface area contributed by atoms with Crippen LogP contribution in [0.1, 0.15) is 30.4 Å². The Kier molecular flexibility index (Phi) is 4.20. The van der Waals surface area contributed by atoms with Crippen molar-refractivity contribution in [3.05, 3.63) is 35.4 Å². The molecule has 1 fully saturated rings. The predicted molar refractivity (Wildman–Crippen MR) is 71.8 cm³/mol. The van der Waals surface area contributed by atoms with Crippen molar-refractivity contribution >= 4 is 11.9 Å². The topological polar surface area (TPSA) is 66.4 Å². The number of carbonyl (C=O) groups excluding carboxylic acids is 1. The van der Waals surface area contributed by atoms with Gasteiger partial charge in [0.05, 0.1) is 12.8 Å². The number of hydrogen-bond acceptors (Lipinski definition) is 2. The molecule has 1 saturated carbocycles. The molecular formula is C15H19NO3. The third-order valence-corrected chi connectivity index (χ3v) is 3.42. The van der Waals surface area contributed by atoms with E-state index in [9.17, 15) is 9.59 Å². The standard InChI is InChI=1S/C15H19NO3/c1-10-2-4-11(5-3-10)8-14(17)16-13(9-15(18)19)12-6-7-12/h2-5,12-13H,6-9H2,1H3,(H,16,17)(H,18,19). The lowest BCUT2D eigenvalue weighted by atomic mass is 10.1. The molecule has 0 radical (unpaired) electrons. The number of amides is 1. The van der Waals surface area contributed by atoms with Crippen LogP contribution < -0.4 is 5.32 Å². The molecular weight excluding hydrogens is 242 g/mol. The van der Waals surface area contributed by atoms with E-state index in [4.69, 9.17) is 5.11 Å². The maximum Gasteiger partial charge on any atom is 0.305 e. The number of nitrogens with one attached hydrogen (secondary N) is 1. The largest absolute Gasteiger partial charge is 0.481 e. The number of carboxylic acid groups (broad SMARTS) is 1. The van der Waals surface area contributed by atoms with Gasteiger partial charge in [-0.05, 0) is 31.2 Å². The Labute approximate surface area is 112 Å². The van der Waals surface area contributed by atoms with Crippen LogP contribution in [0.5, 0.6) is 0 Å². The summed E-state index contributed by atoms with van der Waals surface area (Å²) in [5, 5.41) is 11.7. The molecule has 1 aromatic carbocycles. The van der Waals surface area contributed by atoms with E-state index in [2.05, 4.69) is 5.32 Å². The molecule has 4 nitrogen and oxygen atoms in total. The maximum absolute atomic E-state index is 11.9. The van der Waals surface area contributed by atoms with Crippen molar-refractivity contribution in [3.63, 3.8) is 0 Å². The van der Waals surface area contributed by atoms with Gasteiger partial charge in [0.25, 0.3) is 0 Å². The van der Waals surface area contributed by atoms with Gasteiger partial charge in [-0.1, -0.05) is 29.8 Å². The fourth-order valence-corrected chi connectivity index (χ4v) is 2.17. The van der Waals surface area contributed by atoms with Crippen molar-refractivity contribution in [2.45, 2.75) is 38.6 Å². The highest BCUT2D eigenvalue weighted by molar-refractivity contribution is 5.79. The van der Waals surface area contributed by atoms with Crippen molar-refractivity contribution in [1.82, 2.24) is 5.32 Å². The van der Waals surface area contributed by atoms with Crippen molar-refractivity contribution in [2.75, 3.05) is 0 Å². The molecule has 0 spiro atoms. The van der Waals surface area contributed by atoms with Crippen LogP contribution in [0, 0.1) is 12.8 Å². The number of hydrogen-bond donors (Lipinski definition) is 2. The zero-order valence-electron chi connectivity index (χ0n) is 11.1. The molecule has 1 amide bonds. The van der Waals surface area contributed by atoms with Crippen LogP contribution in [0.2, 0.25) is 0 Å². The van der Waals surface area contributed by atoms with Crippen molar-refractivity contribution in [1.29, 1.82) is 0 Å². The SMILES string of the molecule is Cc1ccc(CC(=O)NC(CC(=O)O)C2CC2)cc1. The Balaban J connectivity index is 1.88. The van der Waals surface area contributed by atoms with E-state index in [0.29, 0.717) is 12.3 Å². The van der Waals surface area contributed by atoms with Crippen LogP contribution in [0.3, 0.4) is 0 Å². The predicted octanol–water partition coefficient (Wildman–Crippen LogP) is 1.91. The Morgan fingerprint density at radius 2 is 1.95 bits per heavy atom. The monoisotopic (exact) mass is 261 g/mol. The fourth-order valence-electron chi connectivity index (χ4n) is 2.17. The normalized spacial score (nSPS) is 15.8. The number of benzene rings is 1. The van der Waals surface area contributed by atoms with Crippen molar-refractivity contribution in [3.8, 4) is 0 Å². The first-order valence-electron chi connectivity index (χ1n) is 6.61. The molecule has 1 aromatic rings. The summed E-state index contributed by atoms with van der Waals surface area (Å²) in [5.74, 6) is -0.604. The van der Waals surface area contributed by atoms with Gasteiger partial charge >= 0.3 is 5.97 Å². The lowest BCUT2D eigenvalue weighted by Gasteiger charge is -2.16. The second-order valence-electron chi connectivity index (χ2n) is 5.27. The smallest absolute Gasteiger partial charge is 0.305 e. The van der Waals surface area contributed by atoms with Crippen LogP contribution in [0.4, 0.5) is 0 Å². The maximum atomic E-state index is 11.9. The molecule has 1 aliphatic rings. The number of aryl methyl sites for hydroxylation is 1. The first-order valence-corrected chi connectivity index (χ1v) is 6.61. The molecule has 2 rings (SSSR count). The summed E-state index contributed by atoms with van der Waals surface area (Å²) < 4.78 is 0. The first-order chi connectivity index (χ1) is 9.04. The van der Waals surface area contributed by atoms with Crippen molar-refractivity contribution < 1.29 is 14.7 Å². The van der Waals surface area contributed by atoms with Crippen molar-refractivity contribution in [2.24, 2.45) is 5.92 Å². The molecule has 0 aromatic heterocycles. The van der Waals surface area contributed by atoms with Crippen LogP contribution in [-0.2, 0) is 16.0 Å².